The van der Waals surface area contributed by atoms with E-state index in [1.54, 1.807) is 0 Å². The molecule has 0 radical (unpaired) electrons. The normalized spacial score (nSPS) is 13.3. The first kappa shape index (κ1) is 16.4. The van der Waals surface area contributed by atoms with E-state index in [2.05, 4.69) is 5.32 Å². The Kier molecular flexibility index (Phi) is 7.69. The van der Waals surface area contributed by atoms with Crippen molar-refractivity contribution in [2.45, 2.75) is 32.9 Å². The van der Waals surface area contributed by atoms with Crippen LogP contribution in [0.5, 0.6) is 0 Å². The van der Waals surface area contributed by atoms with Gasteiger partial charge in [-0.05, 0) is 0 Å². The standard InChI is InChI=1S/C11H19NO6/c1-7(13)12-10(5-17-8(2)14)11(6-16-4)18-9(3)15/h10-11H,5-6H2,1-4H3,(H,12,13)/t10-,11+/m1/s1. The molecule has 1 amide bonds. The fourth-order valence-electron chi connectivity index (χ4n) is 1.32. The Bertz CT molecular complexity index is 304. The molecule has 0 bridgehead atoms. The van der Waals surface area contributed by atoms with Gasteiger partial charge in [-0.3, -0.25) is 14.4 Å². The topological polar surface area (TPSA) is 90.9 Å². The van der Waals surface area contributed by atoms with Crippen LogP contribution in [0.25, 0.3) is 0 Å². The number of carbonyl (C=O) groups excluding carboxylic acids is 3. The lowest BCUT2D eigenvalue weighted by molar-refractivity contribution is -0.155. The van der Waals surface area contributed by atoms with Gasteiger partial charge >= 0.3 is 11.9 Å². The van der Waals surface area contributed by atoms with Crippen molar-refractivity contribution >= 4 is 17.8 Å². The Hall–Kier alpha value is -1.63. The number of methoxy groups -OCH3 is 1. The second-order valence-corrected chi connectivity index (χ2v) is 3.71. The Morgan fingerprint density at radius 3 is 2.06 bits per heavy atom. The van der Waals surface area contributed by atoms with Gasteiger partial charge in [0.25, 0.3) is 0 Å². The summed E-state index contributed by atoms with van der Waals surface area (Å²) in [7, 11) is 1.44. The monoisotopic (exact) mass is 261 g/mol. The van der Waals surface area contributed by atoms with Crippen molar-refractivity contribution in [3.05, 3.63) is 0 Å². The van der Waals surface area contributed by atoms with E-state index in [9.17, 15) is 14.4 Å². The summed E-state index contributed by atoms with van der Waals surface area (Å²) in [6, 6.07) is -0.643. The number of hydrogen-bond donors (Lipinski definition) is 1. The smallest absolute Gasteiger partial charge is 0.303 e. The zero-order valence-electron chi connectivity index (χ0n) is 11.0. The molecule has 18 heavy (non-hydrogen) atoms. The van der Waals surface area contributed by atoms with E-state index in [1.165, 1.54) is 27.9 Å². The molecule has 0 saturated heterocycles. The van der Waals surface area contributed by atoms with Crippen molar-refractivity contribution < 1.29 is 28.6 Å². The highest BCUT2D eigenvalue weighted by Crippen LogP contribution is 2.03. The number of esters is 2. The molecule has 104 valence electrons. The van der Waals surface area contributed by atoms with E-state index in [4.69, 9.17) is 14.2 Å². The quantitative estimate of drug-likeness (QED) is 0.629. The van der Waals surface area contributed by atoms with E-state index in [1.807, 2.05) is 0 Å². The zero-order chi connectivity index (χ0) is 14.1. The first-order valence-electron chi connectivity index (χ1n) is 5.43. The van der Waals surface area contributed by atoms with E-state index >= 15 is 0 Å². The lowest BCUT2D eigenvalue weighted by atomic mass is 10.1. The Morgan fingerprint density at radius 2 is 1.67 bits per heavy atom. The Morgan fingerprint density at radius 1 is 1.06 bits per heavy atom. The fourth-order valence-corrected chi connectivity index (χ4v) is 1.32. The second kappa shape index (κ2) is 8.46. The minimum Gasteiger partial charge on any atom is -0.464 e. The van der Waals surface area contributed by atoms with Gasteiger partial charge in [-0.2, -0.15) is 0 Å². The number of hydrogen-bond acceptors (Lipinski definition) is 6. The summed E-state index contributed by atoms with van der Waals surface area (Å²) in [6.07, 6.45) is -0.712. The minimum absolute atomic E-state index is 0.0871. The zero-order valence-corrected chi connectivity index (χ0v) is 11.0. The molecule has 0 aliphatic heterocycles. The van der Waals surface area contributed by atoms with Gasteiger partial charge in [0.1, 0.15) is 18.8 Å². The lowest BCUT2D eigenvalue weighted by Crippen LogP contribution is -2.49. The number of nitrogens with one attached hydrogen (secondary N) is 1. The first-order valence-corrected chi connectivity index (χ1v) is 5.43. The van der Waals surface area contributed by atoms with Gasteiger partial charge < -0.3 is 19.5 Å². The largest absolute Gasteiger partial charge is 0.464 e. The van der Waals surface area contributed by atoms with Crippen molar-refractivity contribution in [2.75, 3.05) is 20.3 Å². The van der Waals surface area contributed by atoms with Crippen molar-refractivity contribution in [2.24, 2.45) is 0 Å². The fraction of sp³-hybridized carbons (Fsp3) is 0.727. The first-order chi connectivity index (χ1) is 8.36. The molecule has 0 rings (SSSR count). The third kappa shape index (κ3) is 7.61. The summed E-state index contributed by atoms with van der Waals surface area (Å²) < 4.78 is 14.7. The van der Waals surface area contributed by atoms with Crippen LogP contribution in [0.3, 0.4) is 0 Å². The molecule has 0 aromatic carbocycles. The number of ether oxygens (including phenoxy) is 3. The maximum absolute atomic E-state index is 11.1. The second-order valence-electron chi connectivity index (χ2n) is 3.71. The van der Waals surface area contributed by atoms with Gasteiger partial charge in [0.2, 0.25) is 5.91 Å². The molecule has 7 heteroatoms. The third-order valence-corrected chi connectivity index (χ3v) is 1.95. The number of rotatable bonds is 7. The average Bonchev–Trinajstić information content (AvgIpc) is 2.22. The molecule has 0 aromatic heterocycles. The van der Waals surface area contributed by atoms with Crippen LogP contribution >= 0.6 is 0 Å². The highest BCUT2D eigenvalue weighted by Gasteiger charge is 2.26. The summed E-state index contributed by atoms with van der Waals surface area (Å²) in [5.41, 5.74) is 0. The molecular formula is C11H19NO6. The molecule has 0 saturated carbocycles. The van der Waals surface area contributed by atoms with Crippen molar-refractivity contribution in [3.8, 4) is 0 Å². The minimum atomic E-state index is -0.712. The predicted molar refractivity (Wildman–Crippen MR) is 61.7 cm³/mol. The molecule has 0 aromatic rings. The van der Waals surface area contributed by atoms with Gasteiger partial charge in [-0.15, -0.1) is 0 Å². The summed E-state index contributed by atoms with van der Waals surface area (Å²) in [6.45, 7) is 3.82. The molecule has 0 aliphatic carbocycles. The number of amides is 1. The van der Waals surface area contributed by atoms with Crippen LogP contribution in [0.2, 0.25) is 0 Å². The molecule has 0 heterocycles. The van der Waals surface area contributed by atoms with Crippen LogP contribution in [0.4, 0.5) is 0 Å². The molecule has 0 fully saturated rings. The summed E-state index contributed by atoms with van der Waals surface area (Å²) in [5, 5.41) is 2.55. The average molecular weight is 261 g/mol. The van der Waals surface area contributed by atoms with Crippen LogP contribution in [-0.4, -0.2) is 50.3 Å². The Balaban J connectivity index is 4.66. The van der Waals surface area contributed by atoms with Crippen LogP contribution in [0.1, 0.15) is 20.8 Å². The van der Waals surface area contributed by atoms with Crippen molar-refractivity contribution in [1.82, 2.24) is 5.32 Å². The van der Waals surface area contributed by atoms with Crippen LogP contribution in [0, 0.1) is 0 Å². The molecule has 0 spiro atoms. The van der Waals surface area contributed by atoms with E-state index in [0.29, 0.717) is 0 Å². The van der Waals surface area contributed by atoms with E-state index in [0.717, 1.165) is 0 Å². The highest BCUT2D eigenvalue weighted by molar-refractivity contribution is 5.73. The van der Waals surface area contributed by atoms with Gasteiger partial charge in [0.05, 0.1) is 6.61 Å². The number of carbonyl (C=O) groups is 3. The maximum atomic E-state index is 11.1. The molecular weight excluding hydrogens is 242 g/mol. The van der Waals surface area contributed by atoms with E-state index < -0.39 is 24.1 Å². The van der Waals surface area contributed by atoms with E-state index in [-0.39, 0.29) is 19.1 Å². The van der Waals surface area contributed by atoms with Gasteiger partial charge in [-0.1, -0.05) is 0 Å². The SMILES string of the molecule is COC[C@H](OC(C)=O)[C@@H](COC(C)=O)NC(C)=O. The Labute approximate surface area is 106 Å². The molecule has 7 nitrogen and oxygen atoms in total. The summed E-state index contributed by atoms with van der Waals surface area (Å²) in [4.78, 5) is 32.8. The van der Waals surface area contributed by atoms with Crippen LogP contribution in [0.15, 0.2) is 0 Å². The molecule has 2 atom stereocenters. The van der Waals surface area contributed by atoms with Crippen molar-refractivity contribution in [3.63, 3.8) is 0 Å². The molecule has 0 aliphatic rings. The van der Waals surface area contributed by atoms with Gasteiger partial charge in [-0.25, -0.2) is 0 Å². The third-order valence-electron chi connectivity index (χ3n) is 1.95. The molecule has 1 N–H and O–H groups in total. The van der Waals surface area contributed by atoms with Crippen LogP contribution in [-0.2, 0) is 28.6 Å². The van der Waals surface area contributed by atoms with Crippen LogP contribution < -0.4 is 5.32 Å². The van der Waals surface area contributed by atoms with Gasteiger partial charge in [0, 0.05) is 27.9 Å². The summed E-state index contributed by atoms with van der Waals surface area (Å²) >= 11 is 0. The predicted octanol–water partition coefficient (Wildman–Crippen LogP) is -0.368. The lowest BCUT2D eigenvalue weighted by Gasteiger charge is -2.26. The molecule has 0 unspecified atom stereocenters. The maximum Gasteiger partial charge on any atom is 0.303 e. The highest BCUT2D eigenvalue weighted by atomic mass is 16.6. The van der Waals surface area contributed by atoms with Gasteiger partial charge in [0.15, 0.2) is 0 Å². The summed E-state index contributed by atoms with van der Waals surface area (Å²) in [5.74, 6) is -1.31. The van der Waals surface area contributed by atoms with Crippen molar-refractivity contribution in [1.29, 1.82) is 0 Å².